The Morgan fingerprint density at radius 2 is 2.41 bits per heavy atom. The molecule has 7 heteroatoms. The van der Waals surface area contributed by atoms with Gasteiger partial charge in [0, 0.05) is 0 Å². The molecule has 0 aliphatic carbocycles. The molecule has 0 unspecified atom stereocenters. The van der Waals surface area contributed by atoms with Crippen molar-refractivity contribution in [1.29, 1.82) is 0 Å². The highest BCUT2D eigenvalue weighted by atomic mass is 35.5. The van der Waals surface area contributed by atoms with E-state index in [2.05, 4.69) is 15.0 Å². The molecular formula is C10H11ClN4O2. The standard InChI is InChI=1S/C10H11ClN4O2/c11-7-1-6(3-16)17-10(7)15-5-14-8-2-12-4-13-9(8)15/h2,4-7,10,16H,1,3H2/t6-,7-,10+/m0/s1. The highest BCUT2D eigenvalue weighted by molar-refractivity contribution is 6.21. The maximum absolute atomic E-state index is 9.08. The van der Waals surface area contributed by atoms with Gasteiger partial charge in [-0.1, -0.05) is 0 Å². The molecule has 1 fully saturated rings. The maximum atomic E-state index is 9.08. The average Bonchev–Trinajstić information content (AvgIpc) is 2.92. The Hall–Kier alpha value is -1.24. The van der Waals surface area contributed by atoms with Crippen LogP contribution in [0.4, 0.5) is 0 Å². The minimum absolute atomic E-state index is 0.0265. The third kappa shape index (κ3) is 1.78. The number of aromatic nitrogens is 4. The summed E-state index contributed by atoms with van der Waals surface area (Å²) in [6.45, 7) is -0.0265. The quantitative estimate of drug-likeness (QED) is 0.800. The van der Waals surface area contributed by atoms with E-state index in [1.165, 1.54) is 6.33 Å². The van der Waals surface area contributed by atoms with Gasteiger partial charge in [-0.2, -0.15) is 0 Å². The van der Waals surface area contributed by atoms with Crippen LogP contribution < -0.4 is 0 Å². The number of imidazole rings is 1. The smallest absolute Gasteiger partial charge is 0.165 e. The number of aliphatic hydroxyl groups excluding tert-OH is 1. The van der Waals surface area contributed by atoms with Crippen molar-refractivity contribution in [3.05, 3.63) is 18.9 Å². The molecule has 1 N–H and O–H groups in total. The number of rotatable bonds is 2. The lowest BCUT2D eigenvalue weighted by atomic mass is 10.2. The summed E-state index contributed by atoms with van der Waals surface area (Å²) in [6.07, 6.45) is 4.80. The van der Waals surface area contributed by atoms with Gasteiger partial charge in [-0.25, -0.2) is 15.0 Å². The molecule has 90 valence electrons. The fraction of sp³-hybridized carbons (Fsp3) is 0.500. The summed E-state index contributed by atoms with van der Waals surface area (Å²) in [6, 6.07) is 0. The van der Waals surface area contributed by atoms with Crippen molar-refractivity contribution in [1.82, 2.24) is 19.5 Å². The minimum Gasteiger partial charge on any atom is -0.394 e. The van der Waals surface area contributed by atoms with Crippen LogP contribution in [0.3, 0.4) is 0 Å². The molecule has 2 aromatic heterocycles. The fourth-order valence-electron chi connectivity index (χ4n) is 2.03. The molecule has 0 aromatic carbocycles. The SMILES string of the molecule is OC[C@@H]1C[C@H](Cl)[C@H](n2cnc3cncnc32)O1. The van der Waals surface area contributed by atoms with Crippen LogP contribution in [0.1, 0.15) is 12.6 Å². The lowest BCUT2D eigenvalue weighted by Gasteiger charge is -2.15. The van der Waals surface area contributed by atoms with E-state index in [0.29, 0.717) is 17.6 Å². The van der Waals surface area contributed by atoms with Crippen molar-refractivity contribution >= 4 is 22.8 Å². The van der Waals surface area contributed by atoms with Crippen molar-refractivity contribution < 1.29 is 9.84 Å². The zero-order valence-corrected chi connectivity index (χ0v) is 9.66. The molecule has 1 saturated heterocycles. The predicted octanol–water partition coefficient (Wildman–Crippen LogP) is 0.713. The van der Waals surface area contributed by atoms with Crippen LogP contribution in [-0.2, 0) is 4.74 Å². The molecule has 1 aliphatic heterocycles. The van der Waals surface area contributed by atoms with E-state index >= 15 is 0 Å². The van der Waals surface area contributed by atoms with Crippen molar-refractivity contribution in [2.75, 3.05) is 6.61 Å². The van der Waals surface area contributed by atoms with Gasteiger partial charge in [-0.15, -0.1) is 11.6 Å². The first-order valence-electron chi connectivity index (χ1n) is 5.32. The Labute approximate surface area is 102 Å². The summed E-state index contributed by atoms with van der Waals surface area (Å²) in [7, 11) is 0. The van der Waals surface area contributed by atoms with Gasteiger partial charge in [-0.05, 0) is 6.42 Å². The van der Waals surface area contributed by atoms with E-state index < -0.39 is 0 Å². The van der Waals surface area contributed by atoms with Gasteiger partial charge >= 0.3 is 0 Å². The summed E-state index contributed by atoms with van der Waals surface area (Å²) in [5.74, 6) is 0. The summed E-state index contributed by atoms with van der Waals surface area (Å²) in [5, 5.41) is 8.88. The van der Waals surface area contributed by atoms with Crippen molar-refractivity contribution in [3.8, 4) is 0 Å². The molecule has 0 spiro atoms. The molecule has 0 amide bonds. The zero-order valence-electron chi connectivity index (χ0n) is 8.90. The Morgan fingerprint density at radius 3 is 3.18 bits per heavy atom. The van der Waals surface area contributed by atoms with Gasteiger partial charge in [0.25, 0.3) is 0 Å². The number of hydrogen-bond acceptors (Lipinski definition) is 5. The number of nitrogens with zero attached hydrogens (tertiary/aromatic N) is 4. The molecule has 0 bridgehead atoms. The van der Waals surface area contributed by atoms with E-state index in [1.807, 2.05) is 0 Å². The Balaban J connectivity index is 1.99. The van der Waals surface area contributed by atoms with Crippen molar-refractivity contribution in [2.45, 2.75) is 24.1 Å². The van der Waals surface area contributed by atoms with E-state index in [1.54, 1.807) is 17.1 Å². The Bertz CT molecular complexity index is 532. The van der Waals surface area contributed by atoms with Crippen LogP contribution >= 0.6 is 11.6 Å². The molecular weight excluding hydrogens is 244 g/mol. The van der Waals surface area contributed by atoms with Crippen molar-refractivity contribution in [3.63, 3.8) is 0 Å². The molecule has 6 nitrogen and oxygen atoms in total. The first kappa shape index (κ1) is 10.9. The van der Waals surface area contributed by atoms with Gasteiger partial charge in [0.1, 0.15) is 11.8 Å². The summed E-state index contributed by atoms with van der Waals surface area (Å²) < 4.78 is 7.44. The number of alkyl halides is 1. The normalized spacial score (nSPS) is 28.9. The second-order valence-electron chi connectivity index (χ2n) is 3.97. The molecule has 1 aliphatic rings. The number of halogens is 1. The third-order valence-electron chi connectivity index (χ3n) is 2.85. The van der Waals surface area contributed by atoms with Gasteiger partial charge in [0.05, 0.1) is 30.6 Å². The summed E-state index contributed by atoms with van der Waals surface area (Å²) >= 11 is 6.22. The van der Waals surface area contributed by atoms with Gasteiger partial charge in [-0.3, -0.25) is 4.57 Å². The molecule has 2 aromatic rings. The molecule has 17 heavy (non-hydrogen) atoms. The second-order valence-corrected chi connectivity index (χ2v) is 4.53. The number of aliphatic hydroxyl groups is 1. The largest absolute Gasteiger partial charge is 0.394 e. The van der Waals surface area contributed by atoms with E-state index in [4.69, 9.17) is 21.4 Å². The first-order valence-corrected chi connectivity index (χ1v) is 5.76. The van der Waals surface area contributed by atoms with Gasteiger partial charge in [0.15, 0.2) is 11.9 Å². The van der Waals surface area contributed by atoms with Crippen LogP contribution in [0.15, 0.2) is 18.9 Å². The number of ether oxygens (including phenoxy) is 1. The first-order chi connectivity index (χ1) is 8.29. The average molecular weight is 255 g/mol. The van der Waals surface area contributed by atoms with Gasteiger partial charge < -0.3 is 9.84 Å². The maximum Gasteiger partial charge on any atom is 0.165 e. The fourth-order valence-corrected chi connectivity index (χ4v) is 2.41. The number of hydrogen-bond donors (Lipinski definition) is 1. The van der Waals surface area contributed by atoms with Crippen LogP contribution in [-0.4, -0.2) is 42.7 Å². The minimum atomic E-state index is -0.339. The highest BCUT2D eigenvalue weighted by Gasteiger charge is 2.35. The van der Waals surface area contributed by atoms with Crippen LogP contribution in [0.5, 0.6) is 0 Å². The van der Waals surface area contributed by atoms with E-state index in [0.717, 1.165) is 0 Å². The predicted molar refractivity (Wildman–Crippen MR) is 60.6 cm³/mol. The van der Waals surface area contributed by atoms with Gasteiger partial charge in [0.2, 0.25) is 0 Å². The molecule has 0 radical (unpaired) electrons. The third-order valence-corrected chi connectivity index (χ3v) is 3.24. The Kier molecular flexibility index (Phi) is 2.70. The van der Waals surface area contributed by atoms with Crippen LogP contribution in [0.25, 0.3) is 11.2 Å². The van der Waals surface area contributed by atoms with Crippen LogP contribution in [0, 0.1) is 0 Å². The lowest BCUT2D eigenvalue weighted by molar-refractivity contribution is -0.0199. The lowest BCUT2D eigenvalue weighted by Crippen LogP contribution is -2.16. The number of fused-ring (bicyclic) bond motifs is 1. The summed E-state index contributed by atoms with van der Waals surface area (Å²) in [4.78, 5) is 12.2. The van der Waals surface area contributed by atoms with E-state index in [-0.39, 0.29) is 24.3 Å². The zero-order chi connectivity index (χ0) is 11.8. The topological polar surface area (TPSA) is 73.1 Å². The molecule has 0 saturated carbocycles. The molecule has 3 atom stereocenters. The monoisotopic (exact) mass is 254 g/mol. The Morgan fingerprint density at radius 1 is 1.53 bits per heavy atom. The highest BCUT2D eigenvalue weighted by Crippen LogP contribution is 2.34. The van der Waals surface area contributed by atoms with Crippen molar-refractivity contribution in [2.24, 2.45) is 0 Å². The molecule has 3 heterocycles. The molecule has 3 rings (SSSR count). The van der Waals surface area contributed by atoms with E-state index in [9.17, 15) is 0 Å². The summed E-state index contributed by atoms with van der Waals surface area (Å²) in [5.41, 5.74) is 1.39. The second kappa shape index (κ2) is 4.21. The van der Waals surface area contributed by atoms with Crippen LogP contribution in [0.2, 0.25) is 0 Å².